The minimum absolute atomic E-state index is 0.0347. The van der Waals surface area contributed by atoms with Crippen molar-refractivity contribution in [2.75, 3.05) is 30.9 Å². The summed E-state index contributed by atoms with van der Waals surface area (Å²) >= 11 is 6.02. The van der Waals surface area contributed by atoms with Gasteiger partial charge in [-0.15, -0.1) is 0 Å². The highest BCUT2D eigenvalue weighted by molar-refractivity contribution is 6.36. The summed E-state index contributed by atoms with van der Waals surface area (Å²) in [6, 6.07) is 16.7. The number of benzene rings is 3. The van der Waals surface area contributed by atoms with E-state index in [2.05, 4.69) is 36.2 Å². The maximum absolute atomic E-state index is 13.1. The molecule has 0 radical (unpaired) electrons. The van der Waals surface area contributed by atoms with Crippen molar-refractivity contribution in [1.82, 2.24) is 25.6 Å². The largest absolute Gasteiger partial charge is 0.467 e. The van der Waals surface area contributed by atoms with Crippen LogP contribution in [0.5, 0.6) is 6.01 Å². The van der Waals surface area contributed by atoms with Crippen LogP contribution in [0.3, 0.4) is 0 Å². The number of Topliss-reactive ketones (excluding diaryl/α,β-unsaturated/α-hetero) is 1. The van der Waals surface area contributed by atoms with E-state index in [1.807, 2.05) is 12.1 Å². The van der Waals surface area contributed by atoms with Gasteiger partial charge in [-0.3, -0.25) is 14.4 Å². The SMILES string of the molecule is COC(=O)[C@H](CCNC(=O)C(=O)CCc1ccc(F)cc1)NC(=O)c1ccc(Nc2nc(NC3(c4ccc(Cl)cc4)CC3)nc(OCC(F)(F)F)n2)cc1. The van der Waals surface area contributed by atoms with Crippen molar-refractivity contribution in [2.45, 2.75) is 49.9 Å². The monoisotopic (exact) mass is 771 g/mol. The molecule has 18 heteroatoms. The maximum Gasteiger partial charge on any atom is 0.422 e. The van der Waals surface area contributed by atoms with Crippen molar-refractivity contribution in [3.05, 3.63) is 100 Å². The maximum atomic E-state index is 13.1. The number of nitrogens with one attached hydrogen (secondary N) is 4. The number of aromatic nitrogens is 3. The van der Waals surface area contributed by atoms with E-state index in [4.69, 9.17) is 21.1 Å². The zero-order chi connectivity index (χ0) is 38.9. The van der Waals surface area contributed by atoms with E-state index in [1.54, 1.807) is 12.1 Å². The third-order valence-electron chi connectivity index (χ3n) is 8.20. The van der Waals surface area contributed by atoms with Crippen LogP contribution < -0.4 is 26.0 Å². The molecule has 0 saturated heterocycles. The molecule has 0 bridgehead atoms. The summed E-state index contributed by atoms with van der Waals surface area (Å²) in [7, 11) is 1.13. The van der Waals surface area contributed by atoms with Crippen molar-refractivity contribution < 1.29 is 46.2 Å². The van der Waals surface area contributed by atoms with Gasteiger partial charge in [0.15, 0.2) is 6.61 Å². The van der Waals surface area contributed by atoms with Crippen LogP contribution in [-0.4, -0.2) is 71.0 Å². The quantitative estimate of drug-likeness (QED) is 0.0613. The van der Waals surface area contributed by atoms with E-state index in [9.17, 15) is 36.7 Å². The lowest BCUT2D eigenvalue weighted by Crippen LogP contribution is -2.44. The predicted octanol–water partition coefficient (Wildman–Crippen LogP) is 5.43. The third kappa shape index (κ3) is 11.3. The second kappa shape index (κ2) is 17.3. The summed E-state index contributed by atoms with van der Waals surface area (Å²) in [5.41, 5.74) is 1.48. The van der Waals surface area contributed by atoms with Crippen molar-refractivity contribution in [1.29, 1.82) is 0 Å². The Bertz CT molecular complexity index is 1960. The molecule has 1 saturated carbocycles. The summed E-state index contributed by atoms with van der Waals surface area (Å²) < 4.78 is 61.5. The van der Waals surface area contributed by atoms with Gasteiger partial charge in [-0.25, -0.2) is 9.18 Å². The number of rotatable bonds is 17. The summed E-state index contributed by atoms with van der Waals surface area (Å²) in [5, 5.41) is 11.5. The van der Waals surface area contributed by atoms with Crippen LogP contribution in [0.4, 0.5) is 35.1 Å². The molecule has 0 spiro atoms. The molecule has 4 aromatic rings. The summed E-state index contributed by atoms with van der Waals surface area (Å²) in [5.74, 6) is -3.62. The molecule has 54 heavy (non-hydrogen) atoms. The van der Waals surface area contributed by atoms with Crippen molar-refractivity contribution >= 4 is 52.8 Å². The van der Waals surface area contributed by atoms with E-state index < -0.39 is 59.8 Å². The third-order valence-corrected chi connectivity index (χ3v) is 8.45. The Balaban J connectivity index is 1.19. The molecule has 1 heterocycles. The lowest BCUT2D eigenvalue weighted by molar-refractivity contribution is -0.154. The number of ketones is 1. The number of methoxy groups -OCH3 is 1. The van der Waals surface area contributed by atoms with Gasteiger partial charge in [0.05, 0.1) is 12.6 Å². The molecule has 0 aliphatic heterocycles. The zero-order valence-electron chi connectivity index (χ0n) is 28.6. The molecule has 1 atom stereocenters. The zero-order valence-corrected chi connectivity index (χ0v) is 29.4. The Morgan fingerprint density at radius 2 is 1.57 bits per heavy atom. The van der Waals surface area contributed by atoms with Crippen LogP contribution in [0.1, 0.15) is 47.2 Å². The van der Waals surface area contributed by atoms with Crippen LogP contribution in [0.15, 0.2) is 72.8 Å². The molecule has 1 aliphatic rings. The second-order valence-electron chi connectivity index (χ2n) is 12.2. The predicted molar refractivity (Wildman–Crippen MR) is 188 cm³/mol. The molecule has 284 valence electrons. The minimum atomic E-state index is -4.64. The van der Waals surface area contributed by atoms with E-state index in [0.29, 0.717) is 29.1 Å². The number of alkyl halides is 3. The van der Waals surface area contributed by atoms with Gasteiger partial charge in [0, 0.05) is 29.2 Å². The van der Waals surface area contributed by atoms with Crippen LogP contribution in [0.25, 0.3) is 0 Å². The number of nitrogens with zero attached hydrogens (tertiary/aromatic N) is 3. The molecule has 1 fully saturated rings. The number of hydrogen-bond donors (Lipinski definition) is 4. The number of anilines is 3. The Hall–Kier alpha value is -5.84. The van der Waals surface area contributed by atoms with Crippen LogP contribution in [-0.2, 0) is 31.1 Å². The number of aryl methyl sites for hydroxylation is 1. The molecule has 0 unspecified atom stereocenters. The topological polar surface area (TPSA) is 174 Å². The molecule has 3 aromatic carbocycles. The molecule has 1 aliphatic carbocycles. The lowest BCUT2D eigenvalue weighted by Gasteiger charge is -2.19. The van der Waals surface area contributed by atoms with Crippen LogP contribution in [0.2, 0.25) is 5.02 Å². The Morgan fingerprint density at radius 3 is 2.20 bits per heavy atom. The molecule has 1 aromatic heterocycles. The minimum Gasteiger partial charge on any atom is -0.467 e. The normalized spacial score (nSPS) is 13.6. The number of carbonyl (C=O) groups is 4. The van der Waals surface area contributed by atoms with Gasteiger partial charge in [-0.1, -0.05) is 35.9 Å². The van der Waals surface area contributed by atoms with Crippen molar-refractivity contribution in [3.63, 3.8) is 0 Å². The molecular formula is C36H34ClF4N7O6. The smallest absolute Gasteiger partial charge is 0.422 e. The summed E-state index contributed by atoms with van der Waals surface area (Å²) in [6.07, 6.45) is -3.20. The molecule has 5 rings (SSSR count). The van der Waals surface area contributed by atoms with E-state index in [0.717, 1.165) is 12.7 Å². The number of esters is 1. The van der Waals surface area contributed by atoms with Gasteiger partial charge in [-0.2, -0.15) is 28.1 Å². The summed E-state index contributed by atoms with van der Waals surface area (Å²) in [4.78, 5) is 62.3. The van der Waals surface area contributed by atoms with Crippen molar-refractivity contribution in [3.8, 4) is 6.01 Å². The fraction of sp³-hybridized carbons (Fsp3) is 0.306. The average Bonchev–Trinajstić information content (AvgIpc) is 3.93. The van der Waals surface area contributed by atoms with Gasteiger partial charge in [-0.05, 0) is 85.3 Å². The Labute approximate surface area is 311 Å². The Morgan fingerprint density at radius 1 is 0.907 bits per heavy atom. The number of hydrogen-bond acceptors (Lipinski definition) is 11. The number of carbonyl (C=O) groups excluding carboxylic acids is 4. The highest BCUT2D eigenvalue weighted by Gasteiger charge is 2.45. The van der Waals surface area contributed by atoms with Crippen LogP contribution >= 0.6 is 11.6 Å². The number of halogens is 5. The average molecular weight is 772 g/mol. The Kier molecular flexibility index (Phi) is 12.6. The molecular weight excluding hydrogens is 738 g/mol. The molecule has 4 N–H and O–H groups in total. The first-order valence-electron chi connectivity index (χ1n) is 16.5. The first kappa shape index (κ1) is 39.4. The fourth-order valence-electron chi connectivity index (χ4n) is 5.19. The molecule has 13 nitrogen and oxygen atoms in total. The van der Waals surface area contributed by atoms with Gasteiger partial charge >= 0.3 is 18.2 Å². The lowest BCUT2D eigenvalue weighted by atomic mass is 10.1. The first-order valence-corrected chi connectivity index (χ1v) is 16.9. The fourth-order valence-corrected chi connectivity index (χ4v) is 5.32. The van der Waals surface area contributed by atoms with Gasteiger partial charge in [0.1, 0.15) is 11.9 Å². The first-order chi connectivity index (χ1) is 25.7. The standard InChI is InChI=1S/C36H34ClF4N7O6/c1-53-31(52)27(16-19-42-30(51)28(49)15-4-21-2-11-25(38)12-3-21)44-29(50)22-5-13-26(14-6-22)43-32-45-33(47-34(46-32)54-20-36(39,40)41)48-35(17-18-35)23-7-9-24(37)10-8-23/h2-3,5-14,27H,4,15-20H2,1H3,(H,42,51)(H,44,50)(H2,43,45,46,47,48)/t27-/m0/s1. The van der Waals surface area contributed by atoms with E-state index in [-0.39, 0.29) is 43.3 Å². The second-order valence-corrected chi connectivity index (χ2v) is 12.7. The van der Waals surface area contributed by atoms with Crippen LogP contribution in [0, 0.1) is 5.82 Å². The number of ether oxygens (including phenoxy) is 2. The highest BCUT2D eigenvalue weighted by atomic mass is 35.5. The van der Waals surface area contributed by atoms with Gasteiger partial charge < -0.3 is 30.7 Å². The van der Waals surface area contributed by atoms with Crippen molar-refractivity contribution in [2.24, 2.45) is 0 Å². The molecule has 2 amide bonds. The van der Waals surface area contributed by atoms with Gasteiger partial charge in [0.25, 0.3) is 11.8 Å². The van der Waals surface area contributed by atoms with E-state index in [1.165, 1.54) is 48.5 Å². The van der Waals surface area contributed by atoms with Gasteiger partial charge in [0.2, 0.25) is 17.7 Å². The number of amides is 2. The van der Waals surface area contributed by atoms with E-state index >= 15 is 0 Å². The summed E-state index contributed by atoms with van der Waals surface area (Å²) in [6.45, 7) is -1.76. The highest BCUT2D eigenvalue weighted by Crippen LogP contribution is 2.48.